The number of benzene rings is 1. The van der Waals surface area contributed by atoms with Crippen LogP contribution >= 0.6 is 22.6 Å². The molecule has 0 saturated carbocycles. The average Bonchev–Trinajstić information content (AvgIpc) is 3.28. The summed E-state index contributed by atoms with van der Waals surface area (Å²) in [7, 11) is 0. The van der Waals surface area contributed by atoms with Crippen LogP contribution in [0.1, 0.15) is 11.8 Å². The molecule has 29 heavy (non-hydrogen) atoms. The Balaban J connectivity index is 1.61. The first-order valence-electron chi connectivity index (χ1n) is 8.77. The zero-order chi connectivity index (χ0) is 20.4. The number of aromatic nitrogens is 4. The number of fused-ring (bicyclic) bond motifs is 1. The van der Waals surface area contributed by atoms with E-state index >= 15 is 0 Å². The number of anilines is 1. The van der Waals surface area contributed by atoms with E-state index in [1.807, 2.05) is 18.2 Å². The lowest BCUT2D eigenvalue weighted by atomic mass is 10.1. The average molecular weight is 508 g/mol. The molecule has 1 fully saturated rings. The third-order valence-corrected chi connectivity index (χ3v) is 5.36. The van der Waals surface area contributed by atoms with Gasteiger partial charge in [-0.15, -0.1) is 0 Å². The smallest absolute Gasteiger partial charge is 0.167 e. The minimum absolute atomic E-state index is 0.387. The molecule has 0 bridgehead atoms. The molecule has 0 radical (unpaired) electrons. The largest absolute Gasteiger partial charge is 0.394 e. The van der Waals surface area contributed by atoms with Gasteiger partial charge >= 0.3 is 0 Å². The summed E-state index contributed by atoms with van der Waals surface area (Å²) in [5.74, 6) is 0.547. The van der Waals surface area contributed by atoms with E-state index in [9.17, 15) is 10.2 Å². The predicted octanol–water partition coefficient (Wildman–Crippen LogP) is 1.97. The van der Waals surface area contributed by atoms with Crippen molar-refractivity contribution < 1.29 is 14.9 Å². The van der Waals surface area contributed by atoms with E-state index in [-0.39, 0.29) is 6.61 Å². The van der Waals surface area contributed by atoms with Crippen LogP contribution in [-0.2, 0) is 11.3 Å². The molecule has 1 aromatic carbocycles. The lowest BCUT2D eigenvalue weighted by Gasteiger charge is -2.16. The lowest BCUT2D eigenvalue weighted by molar-refractivity contribution is -0.0488. The summed E-state index contributed by atoms with van der Waals surface area (Å²) >= 11 is 2.26. The number of nitrogens with zero attached hydrogens (tertiary/aromatic N) is 7. The van der Waals surface area contributed by atoms with Gasteiger partial charge in [-0.05, 0) is 45.8 Å². The van der Waals surface area contributed by atoms with Crippen molar-refractivity contribution in [2.24, 2.45) is 5.11 Å². The van der Waals surface area contributed by atoms with Gasteiger partial charge in [0.2, 0.25) is 0 Å². The van der Waals surface area contributed by atoms with Crippen molar-refractivity contribution in [2.45, 2.75) is 31.0 Å². The van der Waals surface area contributed by atoms with E-state index in [1.165, 1.54) is 12.7 Å². The zero-order valence-corrected chi connectivity index (χ0v) is 17.2. The molecule has 1 aliphatic rings. The van der Waals surface area contributed by atoms with E-state index in [2.05, 4.69) is 59.0 Å². The van der Waals surface area contributed by atoms with Crippen molar-refractivity contribution in [3.8, 4) is 0 Å². The maximum absolute atomic E-state index is 10.6. The minimum Gasteiger partial charge on any atom is -0.394 e. The van der Waals surface area contributed by atoms with Gasteiger partial charge in [0, 0.05) is 15.0 Å². The number of aliphatic hydroxyl groups is 2. The first-order chi connectivity index (χ1) is 14.1. The Morgan fingerprint density at radius 1 is 1.34 bits per heavy atom. The predicted molar refractivity (Wildman–Crippen MR) is 112 cm³/mol. The molecular formula is C17H17IN8O3. The van der Waals surface area contributed by atoms with Gasteiger partial charge in [-0.2, -0.15) is 0 Å². The quantitative estimate of drug-likeness (QED) is 0.199. The Kier molecular flexibility index (Phi) is 5.78. The normalized spacial score (nSPS) is 23.8. The van der Waals surface area contributed by atoms with Crippen molar-refractivity contribution in [3.63, 3.8) is 0 Å². The number of halogens is 1. The molecule has 1 saturated heterocycles. The summed E-state index contributed by atoms with van der Waals surface area (Å²) in [4.78, 5) is 15.6. The number of ether oxygens (including phenoxy) is 1. The SMILES string of the molecule is [N-]=[N+]=N[C@H]1[C@@H](O)[C@H](n2cnc3c(NCc4cccc(I)c4)ncnc32)O[C@@H]1CO. The van der Waals surface area contributed by atoms with Crippen LogP contribution in [0.3, 0.4) is 0 Å². The third kappa shape index (κ3) is 3.84. The van der Waals surface area contributed by atoms with Gasteiger partial charge in [0.1, 0.15) is 12.4 Å². The van der Waals surface area contributed by atoms with Crippen molar-refractivity contribution >= 4 is 39.6 Å². The summed E-state index contributed by atoms with van der Waals surface area (Å²) < 4.78 is 8.39. The molecule has 2 aromatic heterocycles. The van der Waals surface area contributed by atoms with Crippen molar-refractivity contribution in [1.82, 2.24) is 19.5 Å². The molecule has 0 spiro atoms. The Morgan fingerprint density at radius 2 is 2.21 bits per heavy atom. The maximum atomic E-state index is 10.6. The molecule has 12 heteroatoms. The van der Waals surface area contributed by atoms with Crippen LogP contribution in [0.2, 0.25) is 0 Å². The van der Waals surface area contributed by atoms with E-state index < -0.39 is 24.5 Å². The van der Waals surface area contributed by atoms with Gasteiger partial charge in [-0.25, -0.2) is 15.0 Å². The number of aliphatic hydroxyl groups excluding tert-OH is 2. The Labute approximate surface area is 178 Å². The van der Waals surface area contributed by atoms with Crippen molar-refractivity contribution in [3.05, 3.63) is 56.5 Å². The molecule has 3 aromatic rings. The van der Waals surface area contributed by atoms with Crippen LogP contribution in [0.25, 0.3) is 21.6 Å². The maximum Gasteiger partial charge on any atom is 0.167 e. The van der Waals surface area contributed by atoms with E-state index in [1.54, 1.807) is 4.57 Å². The van der Waals surface area contributed by atoms with Gasteiger partial charge < -0.3 is 20.3 Å². The van der Waals surface area contributed by atoms with Gasteiger partial charge in [-0.1, -0.05) is 17.2 Å². The Bertz CT molecular complexity index is 1070. The molecule has 0 amide bonds. The second-order valence-corrected chi connectivity index (χ2v) is 7.71. The summed E-state index contributed by atoms with van der Waals surface area (Å²) in [6.45, 7) is 0.172. The highest BCUT2D eigenvalue weighted by Crippen LogP contribution is 2.33. The number of hydrogen-bond donors (Lipinski definition) is 3. The number of azide groups is 1. The first kappa shape index (κ1) is 19.8. The fourth-order valence-electron chi connectivity index (χ4n) is 3.31. The van der Waals surface area contributed by atoms with Crippen LogP contribution in [-0.4, -0.2) is 54.6 Å². The number of nitrogens with one attached hydrogen (secondary N) is 1. The number of rotatable bonds is 6. The van der Waals surface area contributed by atoms with Crippen LogP contribution in [0.15, 0.2) is 42.0 Å². The lowest BCUT2D eigenvalue weighted by Crippen LogP contribution is -2.31. The van der Waals surface area contributed by atoms with Gasteiger partial charge in [0.05, 0.1) is 25.1 Å². The molecule has 1 aliphatic heterocycles. The summed E-state index contributed by atoms with van der Waals surface area (Å²) in [5.41, 5.74) is 10.8. The fraction of sp³-hybridized carbons (Fsp3) is 0.353. The van der Waals surface area contributed by atoms with Crippen molar-refractivity contribution in [2.75, 3.05) is 11.9 Å². The molecule has 3 heterocycles. The molecular weight excluding hydrogens is 491 g/mol. The topological polar surface area (TPSA) is 154 Å². The highest BCUT2D eigenvalue weighted by molar-refractivity contribution is 14.1. The molecule has 150 valence electrons. The second-order valence-electron chi connectivity index (χ2n) is 6.46. The summed E-state index contributed by atoms with van der Waals surface area (Å²) in [6.07, 6.45) is 0.0112. The van der Waals surface area contributed by atoms with Crippen molar-refractivity contribution in [1.29, 1.82) is 0 Å². The van der Waals surface area contributed by atoms with Crippen LogP contribution in [0, 0.1) is 3.57 Å². The Hall–Kier alpha value is -2.51. The van der Waals surface area contributed by atoms with E-state index in [0.717, 1.165) is 9.13 Å². The molecule has 4 atom stereocenters. The van der Waals surface area contributed by atoms with Gasteiger partial charge in [0.25, 0.3) is 0 Å². The highest BCUT2D eigenvalue weighted by Gasteiger charge is 2.44. The van der Waals surface area contributed by atoms with Gasteiger partial charge in [0.15, 0.2) is 23.2 Å². The Morgan fingerprint density at radius 3 is 2.97 bits per heavy atom. The first-order valence-corrected chi connectivity index (χ1v) is 9.84. The molecule has 0 aliphatic carbocycles. The standard InChI is InChI=1S/C17H17IN8O3/c18-10-3-1-2-9(4-10)5-20-15-13-16(22-7-21-15)26(8-23-13)17-14(28)12(24-25-19)11(6-27)29-17/h1-4,7-8,11-12,14,17,27-28H,5-6H2,(H,20,21,22)/t11-,12-,14-,17-/m1/s1. The molecule has 4 rings (SSSR count). The second kappa shape index (κ2) is 8.47. The van der Waals surface area contributed by atoms with Gasteiger partial charge in [-0.3, -0.25) is 4.57 Å². The molecule has 3 N–H and O–H groups in total. The summed E-state index contributed by atoms with van der Waals surface area (Å²) in [6, 6.07) is 7.18. The third-order valence-electron chi connectivity index (χ3n) is 4.68. The van der Waals surface area contributed by atoms with E-state index in [0.29, 0.717) is 23.5 Å². The monoisotopic (exact) mass is 508 g/mol. The van der Waals surface area contributed by atoms with E-state index in [4.69, 9.17) is 10.3 Å². The molecule has 11 nitrogen and oxygen atoms in total. The number of imidazole rings is 1. The van der Waals surface area contributed by atoms with Crippen LogP contribution in [0.5, 0.6) is 0 Å². The van der Waals surface area contributed by atoms with Crippen LogP contribution < -0.4 is 5.32 Å². The number of hydrogen-bond acceptors (Lipinski definition) is 8. The zero-order valence-electron chi connectivity index (χ0n) is 15.0. The minimum atomic E-state index is -1.15. The highest BCUT2D eigenvalue weighted by atomic mass is 127. The van der Waals surface area contributed by atoms with Crippen LogP contribution in [0.4, 0.5) is 5.82 Å². The fourth-order valence-corrected chi connectivity index (χ4v) is 3.92. The summed E-state index contributed by atoms with van der Waals surface area (Å²) in [5, 5.41) is 26.8. The molecule has 0 unspecified atom stereocenters.